The van der Waals surface area contributed by atoms with Crippen LogP contribution < -0.4 is 38.5 Å². The maximum absolute atomic E-state index is 14.1. The van der Waals surface area contributed by atoms with Crippen LogP contribution in [0.1, 0.15) is 26.3 Å². The predicted octanol–water partition coefficient (Wildman–Crippen LogP) is 4.81. The highest BCUT2D eigenvalue weighted by Crippen LogP contribution is 2.56. The molecule has 0 radical (unpaired) electrons. The van der Waals surface area contributed by atoms with Crippen LogP contribution in [0.25, 0.3) is 17.2 Å². The minimum absolute atomic E-state index is 0.00923. The van der Waals surface area contributed by atoms with E-state index in [4.69, 9.17) is 49.5 Å². The number of amides is 2. The summed E-state index contributed by atoms with van der Waals surface area (Å²) in [6, 6.07) is 7.14. The van der Waals surface area contributed by atoms with Gasteiger partial charge >= 0.3 is 11.9 Å². The van der Waals surface area contributed by atoms with Crippen LogP contribution in [0.3, 0.4) is 0 Å². The van der Waals surface area contributed by atoms with Gasteiger partial charge in [0.25, 0.3) is 11.1 Å². The van der Waals surface area contributed by atoms with Gasteiger partial charge in [-0.25, -0.2) is 9.59 Å². The second kappa shape index (κ2) is 11.5. The maximum atomic E-state index is 14.1. The van der Waals surface area contributed by atoms with Crippen LogP contribution in [0, 0.1) is 0 Å². The quantitative estimate of drug-likeness (QED) is 0.213. The molecule has 0 unspecified atom stereocenters. The smallest absolute Gasteiger partial charge is 0.344 e. The Hall–Kier alpha value is -5.08. The number of rotatable bonds is 7. The summed E-state index contributed by atoms with van der Waals surface area (Å²) in [5.74, 6) is -1.43. The number of methoxy groups -OCH3 is 3. The van der Waals surface area contributed by atoms with Crippen molar-refractivity contribution in [3.8, 4) is 51.4 Å². The maximum Gasteiger partial charge on any atom is 0.344 e. The number of fused-ring (bicyclic) bond motifs is 2. The predicted molar refractivity (Wildman–Crippen MR) is 154 cm³/mol. The zero-order valence-electron chi connectivity index (χ0n) is 23.1. The Morgan fingerprint density at radius 3 is 1.91 bits per heavy atom. The van der Waals surface area contributed by atoms with Gasteiger partial charge in [-0.05, 0) is 48.2 Å². The first-order valence-electron chi connectivity index (χ1n) is 12.6. The first-order valence-corrected chi connectivity index (χ1v) is 13.8. The van der Waals surface area contributed by atoms with Crippen molar-refractivity contribution in [2.45, 2.75) is 0 Å². The van der Waals surface area contributed by atoms with Crippen LogP contribution in [0.5, 0.6) is 40.2 Å². The number of benzene rings is 3. The fourth-order valence-electron chi connectivity index (χ4n) is 4.75. The third-order valence-corrected chi connectivity index (χ3v) is 7.68. The molecular formula is C29H20ClNO12S. The lowest BCUT2D eigenvalue weighted by Gasteiger charge is -2.19. The molecule has 0 bridgehead atoms. The highest BCUT2D eigenvalue weighted by molar-refractivity contribution is 8.18. The fourth-order valence-corrected chi connectivity index (χ4v) is 5.60. The number of ether oxygens (including phenoxy) is 8. The molecule has 2 amide bonds. The molecule has 1 fully saturated rings. The Balaban J connectivity index is 1.55. The van der Waals surface area contributed by atoms with Gasteiger partial charge < -0.3 is 37.9 Å². The lowest BCUT2D eigenvalue weighted by Crippen LogP contribution is -2.17. The zero-order valence-corrected chi connectivity index (χ0v) is 24.6. The number of hydrogen-bond acceptors (Lipinski definition) is 13. The molecule has 0 aromatic heterocycles. The molecular weight excluding hydrogens is 622 g/mol. The van der Waals surface area contributed by atoms with E-state index in [9.17, 15) is 19.2 Å². The van der Waals surface area contributed by atoms with E-state index >= 15 is 0 Å². The molecule has 6 rings (SSSR count). The standard InChI is InChI=1S/C29H20ClNO12S/c1-36-17-8-14(27(33)38-3)20(24-22(17)39-10-41-24)21-15(9-18(37-2)23-25(21)42-11-40-23)28(34)43-16-5-4-13(30)6-12(16)7-19-26(32)31-29(35)44-19/h4-9H,10-11H2,1-3H3,(H,31,32,35)/b19-7+. The van der Waals surface area contributed by atoms with E-state index in [1.807, 2.05) is 0 Å². The lowest BCUT2D eigenvalue weighted by atomic mass is 9.91. The van der Waals surface area contributed by atoms with E-state index in [2.05, 4.69) is 5.32 Å². The van der Waals surface area contributed by atoms with Crippen molar-refractivity contribution < 1.29 is 57.1 Å². The monoisotopic (exact) mass is 641 g/mol. The van der Waals surface area contributed by atoms with Crippen LogP contribution in [-0.4, -0.2) is 58.0 Å². The second-order valence-electron chi connectivity index (χ2n) is 9.05. The first kappa shape index (κ1) is 29.0. The van der Waals surface area contributed by atoms with Crippen LogP contribution in [-0.2, 0) is 9.53 Å². The summed E-state index contributed by atoms with van der Waals surface area (Å²) < 4.78 is 44.6. The summed E-state index contributed by atoms with van der Waals surface area (Å²) in [7, 11) is 3.97. The summed E-state index contributed by atoms with van der Waals surface area (Å²) in [6.45, 7) is -0.413. The van der Waals surface area contributed by atoms with Crippen LogP contribution >= 0.6 is 23.4 Å². The van der Waals surface area contributed by atoms with Gasteiger partial charge in [0.05, 0.1) is 37.4 Å². The topological polar surface area (TPSA) is 154 Å². The van der Waals surface area contributed by atoms with Crippen molar-refractivity contribution in [3.05, 3.63) is 56.9 Å². The third-order valence-electron chi connectivity index (χ3n) is 6.63. The fraction of sp³-hybridized carbons (Fsp3) is 0.172. The zero-order chi connectivity index (χ0) is 31.1. The van der Waals surface area contributed by atoms with E-state index < -0.39 is 23.1 Å². The Labute approximate surface area is 257 Å². The molecule has 1 saturated heterocycles. The molecule has 0 spiro atoms. The number of halogens is 1. The molecule has 3 aliphatic heterocycles. The van der Waals surface area contributed by atoms with Gasteiger partial charge in [0.1, 0.15) is 5.75 Å². The van der Waals surface area contributed by atoms with Crippen molar-refractivity contribution in [1.29, 1.82) is 0 Å². The van der Waals surface area contributed by atoms with Gasteiger partial charge in [-0.15, -0.1) is 0 Å². The van der Waals surface area contributed by atoms with E-state index in [0.717, 1.165) is 0 Å². The van der Waals surface area contributed by atoms with Gasteiger partial charge in [-0.3, -0.25) is 14.9 Å². The Morgan fingerprint density at radius 2 is 1.39 bits per heavy atom. The van der Waals surface area contributed by atoms with E-state index in [-0.39, 0.29) is 91.6 Å². The Bertz CT molecular complexity index is 1800. The van der Waals surface area contributed by atoms with Crippen LogP contribution in [0.15, 0.2) is 35.2 Å². The number of hydrogen-bond donors (Lipinski definition) is 1. The van der Waals surface area contributed by atoms with E-state index in [1.54, 1.807) is 0 Å². The molecule has 1 N–H and O–H groups in total. The number of carbonyl (C=O) groups is 4. The number of carbonyl (C=O) groups excluding carboxylic acids is 4. The molecule has 0 saturated carbocycles. The molecule has 44 heavy (non-hydrogen) atoms. The van der Waals surface area contributed by atoms with Crippen molar-refractivity contribution in [2.75, 3.05) is 34.9 Å². The molecule has 0 atom stereocenters. The van der Waals surface area contributed by atoms with Gasteiger partial charge in [-0.2, -0.15) is 0 Å². The summed E-state index contributed by atoms with van der Waals surface area (Å²) >= 11 is 6.89. The highest BCUT2D eigenvalue weighted by atomic mass is 35.5. The van der Waals surface area contributed by atoms with Crippen LogP contribution in [0.4, 0.5) is 4.79 Å². The number of imide groups is 1. The summed E-state index contributed by atoms with van der Waals surface area (Å²) in [4.78, 5) is 51.1. The normalized spacial score (nSPS) is 15.3. The Morgan fingerprint density at radius 1 is 0.818 bits per heavy atom. The van der Waals surface area contributed by atoms with Crippen molar-refractivity contribution >= 4 is 52.5 Å². The molecule has 3 heterocycles. The van der Waals surface area contributed by atoms with Crippen LogP contribution in [0.2, 0.25) is 5.02 Å². The Kier molecular flexibility index (Phi) is 7.61. The third kappa shape index (κ3) is 4.97. The van der Waals surface area contributed by atoms with E-state index in [1.165, 1.54) is 57.7 Å². The minimum atomic E-state index is -0.919. The average molecular weight is 642 g/mol. The van der Waals surface area contributed by atoms with Gasteiger partial charge in [-0.1, -0.05) is 11.6 Å². The molecule has 3 aromatic carbocycles. The van der Waals surface area contributed by atoms with Crippen molar-refractivity contribution in [2.24, 2.45) is 0 Å². The summed E-state index contributed by atoms with van der Waals surface area (Å²) in [5.41, 5.74) is 0.257. The first-order chi connectivity index (χ1) is 21.2. The summed E-state index contributed by atoms with van der Waals surface area (Å²) in [5, 5.41) is 1.91. The van der Waals surface area contributed by atoms with Crippen molar-refractivity contribution in [1.82, 2.24) is 5.32 Å². The van der Waals surface area contributed by atoms with Crippen molar-refractivity contribution in [3.63, 3.8) is 0 Å². The molecule has 3 aromatic rings. The molecule has 226 valence electrons. The van der Waals surface area contributed by atoms with Gasteiger partial charge in [0, 0.05) is 21.7 Å². The number of thioether (sulfide) groups is 1. The molecule has 0 aliphatic carbocycles. The minimum Gasteiger partial charge on any atom is -0.493 e. The highest BCUT2D eigenvalue weighted by Gasteiger charge is 2.38. The lowest BCUT2D eigenvalue weighted by molar-refractivity contribution is -0.115. The second-order valence-corrected chi connectivity index (χ2v) is 10.5. The molecule has 15 heteroatoms. The van der Waals surface area contributed by atoms with E-state index in [0.29, 0.717) is 11.8 Å². The van der Waals surface area contributed by atoms with Gasteiger partial charge in [0.15, 0.2) is 23.0 Å². The number of nitrogens with one attached hydrogen (secondary N) is 1. The largest absolute Gasteiger partial charge is 0.493 e. The number of esters is 2. The molecule has 13 nitrogen and oxygen atoms in total. The van der Waals surface area contributed by atoms with Gasteiger partial charge in [0.2, 0.25) is 25.1 Å². The molecule has 3 aliphatic rings. The SMILES string of the molecule is COC(=O)c1cc(OC)c2c(c1-c1c(C(=O)Oc3ccc(Cl)cc3/C=C3/SC(=O)NC3=O)cc(OC)c3c1OCO3)OCO2. The average Bonchev–Trinajstić information content (AvgIpc) is 3.77. The summed E-state index contributed by atoms with van der Waals surface area (Å²) in [6.07, 6.45) is 1.37.